The van der Waals surface area contributed by atoms with E-state index in [0.29, 0.717) is 13.0 Å². The maximum absolute atomic E-state index is 12.6. The van der Waals surface area contributed by atoms with Crippen molar-refractivity contribution in [1.82, 2.24) is 4.90 Å². The number of nitrogens with zero attached hydrogens (tertiary/aromatic N) is 1. The molecule has 1 aliphatic heterocycles. The van der Waals surface area contributed by atoms with Crippen LogP contribution in [0.2, 0.25) is 0 Å². The van der Waals surface area contributed by atoms with Gasteiger partial charge in [0.15, 0.2) is 0 Å². The average Bonchev–Trinajstić information content (AvgIpc) is 3.26. The topological polar surface area (TPSA) is 66.8 Å². The number of likely N-dealkylation sites (tertiary alicyclic amines) is 1. The lowest BCUT2D eigenvalue weighted by molar-refractivity contribution is -0.141. The van der Waals surface area contributed by atoms with Gasteiger partial charge in [0.2, 0.25) is 0 Å². The number of rotatable bonds is 4. The first-order valence-corrected chi connectivity index (χ1v) is 9.44. The summed E-state index contributed by atoms with van der Waals surface area (Å²) in [4.78, 5) is 25.5. The zero-order chi connectivity index (χ0) is 19.0. The molecule has 2 aliphatic rings. The molecule has 2 aromatic rings. The van der Waals surface area contributed by atoms with Crippen molar-refractivity contribution in [3.63, 3.8) is 0 Å². The normalized spacial score (nSPS) is 21.0. The van der Waals surface area contributed by atoms with E-state index in [1.807, 2.05) is 31.2 Å². The lowest BCUT2D eigenvalue weighted by atomic mass is 9.98. The van der Waals surface area contributed by atoms with E-state index in [4.69, 9.17) is 4.74 Å². The quantitative estimate of drug-likeness (QED) is 0.885. The molecule has 0 saturated carbocycles. The van der Waals surface area contributed by atoms with E-state index >= 15 is 0 Å². The van der Waals surface area contributed by atoms with E-state index in [1.165, 1.54) is 16.0 Å². The second kappa shape index (κ2) is 7.06. The first kappa shape index (κ1) is 17.6. The molecule has 1 amide bonds. The predicted octanol–water partition coefficient (Wildman–Crippen LogP) is 4.12. The Hall–Kier alpha value is -2.82. The average molecular weight is 365 g/mol. The number of hydrogen-bond acceptors (Lipinski definition) is 3. The van der Waals surface area contributed by atoms with Gasteiger partial charge in [-0.3, -0.25) is 4.90 Å². The molecule has 2 aromatic carbocycles. The Morgan fingerprint density at radius 2 is 1.67 bits per heavy atom. The molecule has 1 N–H and O–H groups in total. The van der Waals surface area contributed by atoms with Crippen molar-refractivity contribution in [2.45, 2.75) is 31.7 Å². The van der Waals surface area contributed by atoms with Crippen LogP contribution in [0.5, 0.6) is 0 Å². The maximum atomic E-state index is 12.6. The Morgan fingerprint density at radius 1 is 1.07 bits per heavy atom. The molecule has 5 heteroatoms. The minimum absolute atomic E-state index is 0.0193. The summed E-state index contributed by atoms with van der Waals surface area (Å²) in [5.74, 6) is -0.764. The second-order valence-corrected chi connectivity index (χ2v) is 7.32. The largest absolute Gasteiger partial charge is 0.480 e. The van der Waals surface area contributed by atoms with Crippen molar-refractivity contribution in [3.05, 3.63) is 59.7 Å². The third-order valence-corrected chi connectivity index (χ3v) is 5.82. The zero-order valence-corrected chi connectivity index (χ0v) is 15.3. The molecule has 2 atom stereocenters. The molecule has 0 unspecified atom stereocenters. The number of carboxylic acid groups (broad SMARTS) is 1. The maximum Gasteiger partial charge on any atom is 0.410 e. The molecule has 27 heavy (non-hydrogen) atoms. The van der Waals surface area contributed by atoms with Gasteiger partial charge in [-0.1, -0.05) is 61.9 Å². The smallest absolute Gasteiger partial charge is 0.410 e. The Kier molecular flexibility index (Phi) is 4.60. The molecule has 1 heterocycles. The molecular weight excluding hydrogens is 342 g/mol. The zero-order valence-electron chi connectivity index (χ0n) is 15.3. The van der Waals surface area contributed by atoms with Gasteiger partial charge in [0.05, 0.1) is 0 Å². The highest BCUT2D eigenvalue weighted by Gasteiger charge is 2.40. The summed E-state index contributed by atoms with van der Waals surface area (Å²) >= 11 is 0. The van der Waals surface area contributed by atoms with E-state index in [-0.39, 0.29) is 18.4 Å². The molecular formula is C22H23NO4. The highest BCUT2D eigenvalue weighted by molar-refractivity contribution is 5.81. The van der Waals surface area contributed by atoms with Crippen molar-refractivity contribution in [2.75, 3.05) is 13.2 Å². The van der Waals surface area contributed by atoms with Crippen LogP contribution < -0.4 is 0 Å². The Balaban J connectivity index is 1.52. The van der Waals surface area contributed by atoms with Crippen molar-refractivity contribution in [3.8, 4) is 11.1 Å². The van der Waals surface area contributed by atoms with Crippen molar-refractivity contribution in [1.29, 1.82) is 0 Å². The van der Waals surface area contributed by atoms with Gasteiger partial charge in [-0.05, 0) is 34.6 Å². The highest BCUT2D eigenvalue weighted by Crippen LogP contribution is 2.44. The Morgan fingerprint density at radius 3 is 2.22 bits per heavy atom. The van der Waals surface area contributed by atoms with E-state index < -0.39 is 18.1 Å². The van der Waals surface area contributed by atoms with Crippen LogP contribution in [0.4, 0.5) is 4.79 Å². The van der Waals surface area contributed by atoms with Crippen LogP contribution in [-0.2, 0) is 9.53 Å². The van der Waals surface area contributed by atoms with Gasteiger partial charge in [0, 0.05) is 12.5 Å². The molecule has 1 aliphatic carbocycles. The van der Waals surface area contributed by atoms with Crippen molar-refractivity contribution in [2.24, 2.45) is 5.92 Å². The SMILES string of the molecule is CC[C@@H]1C[C@@H](C(=O)O)N(C(=O)OCC2c3ccccc3-c3ccccc32)C1. The number of aliphatic carboxylic acids is 1. The highest BCUT2D eigenvalue weighted by atomic mass is 16.6. The summed E-state index contributed by atoms with van der Waals surface area (Å²) in [5, 5.41) is 9.44. The number of ether oxygens (including phenoxy) is 1. The molecule has 0 bridgehead atoms. The van der Waals surface area contributed by atoms with Gasteiger partial charge in [-0.25, -0.2) is 9.59 Å². The fraction of sp³-hybridized carbons (Fsp3) is 0.364. The van der Waals surface area contributed by atoms with Gasteiger partial charge in [0.25, 0.3) is 0 Å². The monoisotopic (exact) mass is 365 g/mol. The summed E-state index contributed by atoms with van der Waals surface area (Å²) < 4.78 is 5.62. The molecule has 1 fully saturated rings. The second-order valence-electron chi connectivity index (χ2n) is 7.32. The lowest BCUT2D eigenvalue weighted by Gasteiger charge is -2.22. The number of carboxylic acids is 1. The number of carbonyl (C=O) groups is 2. The van der Waals surface area contributed by atoms with Gasteiger partial charge in [-0.15, -0.1) is 0 Å². The minimum Gasteiger partial charge on any atom is -0.480 e. The number of fused-ring (bicyclic) bond motifs is 3. The summed E-state index contributed by atoms with van der Waals surface area (Å²) in [5.41, 5.74) is 4.64. The van der Waals surface area contributed by atoms with Crippen LogP contribution in [0.3, 0.4) is 0 Å². The molecule has 140 valence electrons. The Bertz CT molecular complexity index is 833. The summed E-state index contributed by atoms with van der Waals surface area (Å²) in [6.45, 7) is 2.68. The van der Waals surface area contributed by atoms with Crippen LogP contribution >= 0.6 is 0 Å². The first-order chi connectivity index (χ1) is 13.1. The molecule has 5 nitrogen and oxygen atoms in total. The predicted molar refractivity (Wildman–Crippen MR) is 102 cm³/mol. The fourth-order valence-electron chi connectivity index (χ4n) is 4.33. The van der Waals surface area contributed by atoms with Crippen LogP contribution in [0.15, 0.2) is 48.5 Å². The van der Waals surface area contributed by atoms with E-state index in [1.54, 1.807) is 0 Å². The summed E-state index contributed by atoms with van der Waals surface area (Å²) in [6.07, 6.45) is 0.827. The summed E-state index contributed by atoms with van der Waals surface area (Å²) in [7, 11) is 0. The Labute approximate surface area is 158 Å². The van der Waals surface area contributed by atoms with Crippen molar-refractivity contribution >= 4 is 12.1 Å². The van der Waals surface area contributed by atoms with Crippen LogP contribution in [0, 0.1) is 5.92 Å². The number of carbonyl (C=O) groups excluding carboxylic acids is 1. The van der Waals surface area contributed by atoms with Gasteiger partial charge >= 0.3 is 12.1 Å². The van der Waals surface area contributed by atoms with Crippen LogP contribution in [0.25, 0.3) is 11.1 Å². The molecule has 4 rings (SSSR count). The van der Waals surface area contributed by atoms with E-state index in [2.05, 4.69) is 24.3 Å². The van der Waals surface area contributed by atoms with Crippen molar-refractivity contribution < 1.29 is 19.4 Å². The van der Waals surface area contributed by atoms with Crippen LogP contribution in [0.1, 0.15) is 36.8 Å². The lowest BCUT2D eigenvalue weighted by Crippen LogP contribution is -2.41. The van der Waals surface area contributed by atoms with Crippen LogP contribution in [-0.4, -0.2) is 41.3 Å². The molecule has 0 radical (unpaired) electrons. The van der Waals surface area contributed by atoms with E-state index in [9.17, 15) is 14.7 Å². The molecule has 0 aromatic heterocycles. The minimum atomic E-state index is -0.959. The van der Waals surface area contributed by atoms with Gasteiger partial charge in [-0.2, -0.15) is 0 Å². The fourth-order valence-corrected chi connectivity index (χ4v) is 4.33. The van der Waals surface area contributed by atoms with Gasteiger partial charge in [0.1, 0.15) is 12.6 Å². The number of hydrogen-bond donors (Lipinski definition) is 1. The standard InChI is InChI=1S/C22H23NO4/c1-2-14-11-20(21(24)25)23(12-14)22(26)27-13-19-17-9-5-3-7-15(17)16-8-4-6-10-18(16)19/h3-10,14,19-20H,2,11-13H2,1H3,(H,24,25)/t14-,20+/m1/s1. The van der Waals surface area contributed by atoms with Gasteiger partial charge < -0.3 is 9.84 Å². The third-order valence-electron chi connectivity index (χ3n) is 5.82. The summed E-state index contributed by atoms with van der Waals surface area (Å²) in [6, 6.07) is 15.5. The van der Waals surface area contributed by atoms with E-state index in [0.717, 1.165) is 17.5 Å². The molecule has 0 spiro atoms. The number of amides is 1. The third kappa shape index (κ3) is 3.07. The number of benzene rings is 2. The molecule has 1 saturated heterocycles. The first-order valence-electron chi connectivity index (χ1n) is 9.44.